The van der Waals surface area contributed by atoms with Gasteiger partial charge in [0, 0.05) is 10.3 Å². The average Bonchev–Trinajstić information content (AvgIpc) is 3.11. The minimum Gasteiger partial charge on any atom is -0.465 e. The van der Waals surface area contributed by atoms with E-state index in [1.165, 1.54) is 37.3 Å². The van der Waals surface area contributed by atoms with Crippen molar-refractivity contribution in [1.29, 1.82) is 0 Å². The fraction of sp³-hybridized carbons (Fsp3) is 0.316. The van der Waals surface area contributed by atoms with Gasteiger partial charge in [0.1, 0.15) is 0 Å². The van der Waals surface area contributed by atoms with E-state index in [-0.39, 0.29) is 22.7 Å². The minimum atomic E-state index is -0.593. The summed E-state index contributed by atoms with van der Waals surface area (Å²) in [5, 5.41) is 4.61. The lowest BCUT2D eigenvalue weighted by Gasteiger charge is -2.14. The molecule has 0 aliphatic heterocycles. The zero-order chi connectivity index (χ0) is 18.7. The zero-order valence-corrected chi connectivity index (χ0v) is 15.4. The molecule has 26 heavy (non-hydrogen) atoms. The lowest BCUT2D eigenvalue weighted by atomic mass is 9.95. The van der Waals surface area contributed by atoms with Crippen LogP contribution in [-0.2, 0) is 22.3 Å². The molecule has 1 aromatic carbocycles. The van der Waals surface area contributed by atoms with Crippen LogP contribution in [0.4, 0.5) is 5.69 Å². The lowest BCUT2D eigenvalue weighted by Crippen LogP contribution is -2.18. The monoisotopic (exact) mass is 373 g/mol. The van der Waals surface area contributed by atoms with Crippen molar-refractivity contribution in [3.05, 3.63) is 50.7 Å². The zero-order valence-electron chi connectivity index (χ0n) is 14.6. The van der Waals surface area contributed by atoms with Gasteiger partial charge in [-0.25, -0.2) is 9.59 Å². The standard InChI is InChI=1S/C19H19NO5S/c1-24-18(22)11-7-8-13(19(23)25-2)15(9-11)20-17(21)14-10-26-16-6-4-3-5-12(14)16/h7-10H,3-6H2,1-2H3,(H,20,21). The SMILES string of the molecule is COC(=O)c1ccc(C(=O)OC)c(NC(=O)c2csc3c2CCCC3)c1. The van der Waals surface area contributed by atoms with Crippen LogP contribution in [0.1, 0.15) is 54.4 Å². The fourth-order valence-electron chi connectivity index (χ4n) is 3.05. The third-order valence-corrected chi connectivity index (χ3v) is 5.49. The summed E-state index contributed by atoms with van der Waals surface area (Å²) in [6.45, 7) is 0. The topological polar surface area (TPSA) is 81.7 Å². The number of hydrogen-bond acceptors (Lipinski definition) is 6. The van der Waals surface area contributed by atoms with Gasteiger partial charge in [-0.1, -0.05) is 0 Å². The first kappa shape index (κ1) is 18.1. The number of methoxy groups -OCH3 is 2. The maximum absolute atomic E-state index is 12.8. The number of amides is 1. The number of hydrogen-bond donors (Lipinski definition) is 1. The van der Waals surface area contributed by atoms with Crippen molar-refractivity contribution in [2.75, 3.05) is 19.5 Å². The normalized spacial score (nSPS) is 12.8. The molecule has 0 atom stereocenters. The van der Waals surface area contributed by atoms with Crippen LogP contribution in [0.3, 0.4) is 0 Å². The van der Waals surface area contributed by atoms with Crippen molar-refractivity contribution in [3.63, 3.8) is 0 Å². The number of aryl methyl sites for hydroxylation is 1. The van der Waals surface area contributed by atoms with E-state index in [2.05, 4.69) is 5.32 Å². The molecule has 0 saturated carbocycles. The largest absolute Gasteiger partial charge is 0.465 e. The quantitative estimate of drug-likeness (QED) is 0.830. The summed E-state index contributed by atoms with van der Waals surface area (Å²) in [5.41, 5.74) is 2.35. The van der Waals surface area contributed by atoms with Gasteiger partial charge in [-0.05, 0) is 49.4 Å². The first-order valence-electron chi connectivity index (χ1n) is 8.26. The number of ether oxygens (including phenoxy) is 2. The van der Waals surface area contributed by atoms with Gasteiger partial charge in [0.25, 0.3) is 5.91 Å². The Hall–Kier alpha value is -2.67. The molecule has 1 heterocycles. The first-order chi connectivity index (χ1) is 12.5. The van der Waals surface area contributed by atoms with E-state index >= 15 is 0 Å². The molecule has 1 aromatic heterocycles. The average molecular weight is 373 g/mol. The molecule has 1 amide bonds. The van der Waals surface area contributed by atoms with Crippen LogP contribution in [0.5, 0.6) is 0 Å². The number of thiophene rings is 1. The summed E-state index contributed by atoms with van der Waals surface area (Å²) in [6, 6.07) is 4.33. The van der Waals surface area contributed by atoms with Gasteiger partial charge in [0.2, 0.25) is 0 Å². The van der Waals surface area contributed by atoms with Crippen molar-refractivity contribution < 1.29 is 23.9 Å². The Kier molecular flexibility index (Phi) is 5.37. The molecule has 1 aliphatic rings. The highest BCUT2D eigenvalue weighted by Crippen LogP contribution is 2.31. The van der Waals surface area contributed by atoms with E-state index in [9.17, 15) is 14.4 Å². The number of anilines is 1. The highest BCUT2D eigenvalue weighted by Gasteiger charge is 2.22. The molecule has 0 fully saturated rings. The Balaban J connectivity index is 1.94. The van der Waals surface area contributed by atoms with Crippen LogP contribution in [0.2, 0.25) is 0 Å². The summed E-state index contributed by atoms with van der Waals surface area (Å²) in [4.78, 5) is 37.8. The van der Waals surface area contributed by atoms with Crippen molar-refractivity contribution >= 4 is 34.9 Å². The predicted octanol–water partition coefficient (Wildman–Crippen LogP) is 3.45. The fourth-order valence-corrected chi connectivity index (χ4v) is 4.18. The van der Waals surface area contributed by atoms with E-state index in [0.29, 0.717) is 5.56 Å². The number of esters is 2. The Labute approximate surface area is 155 Å². The summed E-state index contributed by atoms with van der Waals surface area (Å²) in [5.74, 6) is -1.44. The van der Waals surface area contributed by atoms with Gasteiger partial charge >= 0.3 is 11.9 Å². The van der Waals surface area contributed by atoms with Crippen LogP contribution in [0, 0.1) is 0 Å². The number of carbonyl (C=O) groups is 3. The van der Waals surface area contributed by atoms with Gasteiger partial charge in [-0.15, -0.1) is 11.3 Å². The minimum absolute atomic E-state index is 0.178. The molecule has 1 N–H and O–H groups in total. The van der Waals surface area contributed by atoms with E-state index in [1.54, 1.807) is 11.3 Å². The predicted molar refractivity (Wildman–Crippen MR) is 98.0 cm³/mol. The molecular weight excluding hydrogens is 354 g/mol. The van der Waals surface area contributed by atoms with E-state index < -0.39 is 11.9 Å². The molecular formula is C19H19NO5S. The molecule has 6 nitrogen and oxygen atoms in total. The molecule has 136 valence electrons. The van der Waals surface area contributed by atoms with E-state index in [4.69, 9.17) is 9.47 Å². The van der Waals surface area contributed by atoms with Crippen LogP contribution < -0.4 is 5.32 Å². The molecule has 0 radical (unpaired) electrons. The Bertz CT molecular complexity index is 871. The van der Waals surface area contributed by atoms with E-state index in [1.807, 2.05) is 5.38 Å². The Morgan fingerprint density at radius 2 is 1.73 bits per heavy atom. The van der Waals surface area contributed by atoms with Crippen LogP contribution in [-0.4, -0.2) is 32.1 Å². The Morgan fingerprint density at radius 1 is 1.00 bits per heavy atom. The smallest absolute Gasteiger partial charge is 0.339 e. The Morgan fingerprint density at radius 3 is 2.46 bits per heavy atom. The molecule has 0 bridgehead atoms. The number of carbonyl (C=O) groups excluding carboxylic acids is 3. The maximum Gasteiger partial charge on any atom is 0.339 e. The third kappa shape index (κ3) is 3.48. The molecule has 0 spiro atoms. The van der Waals surface area contributed by atoms with E-state index in [0.717, 1.165) is 31.2 Å². The second kappa shape index (κ2) is 7.70. The van der Waals surface area contributed by atoms with Crippen molar-refractivity contribution in [3.8, 4) is 0 Å². The number of rotatable bonds is 4. The second-order valence-electron chi connectivity index (χ2n) is 5.96. The molecule has 1 aliphatic carbocycles. The summed E-state index contributed by atoms with van der Waals surface area (Å²) >= 11 is 1.59. The summed E-state index contributed by atoms with van der Waals surface area (Å²) in [6.07, 6.45) is 4.09. The molecule has 7 heteroatoms. The van der Waals surface area contributed by atoms with Gasteiger partial charge in [0.05, 0.1) is 36.6 Å². The lowest BCUT2D eigenvalue weighted by molar-refractivity contribution is 0.0587. The second-order valence-corrected chi connectivity index (χ2v) is 6.92. The maximum atomic E-state index is 12.8. The van der Waals surface area contributed by atoms with Crippen molar-refractivity contribution in [2.45, 2.75) is 25.7 Å². The first-order valence-corrected chi connectivity index (χ1v) is 9.14. The molecule has 0 unspecified atom stereocenters. The molecule has 3 rings (SSSR count). The van der Waals surface area contributed by atoms with Gasteiger partial charge in [-0.2, -0.15) is 0 Å². The third-order valence-electron chi connectivity index (χ3n) is 4.40. The number of fused-ring (bicyclic) bond motifs is 1. The van der Waals surface area contributed by atoms with Gasteiger partial charge in [0.15, 0.2) is 0 Å². The highest BCUT2D eigenvalue weighted by atomic mass is 32.1. The van der Waals surface area contributed by atoms with Crippen LogP contribution >= 0.6 is 11.3 Å². The highest BCUT2D eigenvalue weighted by molar-refractivity contribution is 7.10. The van der Waals surface area contributed by atoms with Crippen LogP contribution in [0.25, 0.3) is 0 Å². The summed E-state index contributed by atoms with van der Waals surface area (Å²) in [7, 11) is 2.53. The summed E-state index contributed by atoms with van der Waals surface area (Å²) < 4.78 is 9.47. The molecule has 0 saturated heterocycles. The van der Waals surface area contributed by atoms with Crippen molar-refractivity contribution in [1.82, 2.24) is 0 Å². The molecule has 2 aromatic rings. The number of nitrogens with one attached hydrogen (secondary N) is 1. The van der Waals surface area contributed by atoms with Gasteiger partial charge in [-0.3, -0.25) is 4.79 Å². The van der Waals surface area contributed by atoms with Crippen LogP contribution in [0.15, 0.2) is 23.6 Å². The number of benzene rings is 1. The van der Waals surface area contributed by atoms with Gasteiger partial charge < -0.3 is 14.8 Å². The van der Waals surface area contributed by atoms with Crippen molar-refractivity contribution in [2.24, 2.45) is 0 Å².